The van der Waals surface area contributed by atoms with Gasteiger partial charge in [0.1, 0.15) is 0 Å². The summed E-state index contributed by atoms with van der Waals surface area (Å²) >= 11 is 0. The molecule has 0 aromatic heterocycles. The molecule has 0 bridgehead atoms. The lowest BCUT2D eigenvalue weighted by Gasteiger charge is -2.30. The van der Waals surface area contributed by atoms with E-state index in [1.54, 1.807) is 0 Å². The van der Waals surface area contributed by atoms with Crippen molar-refractivity contribution in [2.75, 3.05) is 52.6 Å². The highest BCUT2D eigenvalue weighted by Gasteiger charge is 2.19. The molecule has 2 atom stereocenters. The van der Waals surface area contributed by atoms with Gasteiger partial charge < -0.3 is 20.1 Å². The van der Waals surface area contributed by atoms with E-state index in [2.05, 4.69) is 22.5 Å². The maximum absolute atomic E-state index is 11.9. The summed E-state index contributed by atoms with van der Waals surface area (Å²) in [6.07, 6.45) is 0.494. The average molecular weight is 271 g/mol. The minimum Gasteiger partial charge on any atom is -0.379 e. The molecule has 2 heterocycles. The number of morpholine rings is 2. The van der Waals surface area contributed by atoms with Gasteiger partial charge in [-0.25, -0.2) is 0 Å². The number of hydrogen-bond acceptors (Lipinski definition) is 5. The minimum absolute atomic E-state index is 0.101. The second kappa shape index (κ2) is 7.79. The van der Waals surface area contributed by atoms with Crippen LogP contribution in [0, 0.1) is 0 Å². The fraction of sp³-hybridized carbons (Fsp3) is 0.923. The first-order valence-electron chi connectivity index (χ1n) is 7.14. The molecule has 0 aromatic rings. The van der Waals surface area contributed by atoms with Crippen molar-refractivity contribution in [3.05, 3.63) is 0 Å². The zero-order chi connectivity index (χ0) is 13.5. The lowest BCUT2D eigenvalue weighted by atomic mass is 10.2. The highest BCUT2D eigenvalue weighted by Crippen LogP contribution is 2.01. The molecule has 110 valence electrons. The van der Waals surface area contributed by atoms with Crippen LogP contribution in [0.1, 0.15) is 13.3 Å². The van der Waals surface area contributed by atoms with Crippen molar-refractivity contribution in [1.82, 2.24) is 15.5 Å². The van der Waals surface area contributed by atoms with Crippen LogP contribution >= 0.6 is 0 Å². The maximum Gasteiger partial charge on any atom is 0.221 e. The van der Waals surface area contributed by atoms with Crippen molar-refractivity contribution in [2.24, 2.45) is 0 Å². The number of nitrogens with one attached hydrogen (secondary N) is 2. The van der Waals surface area contributed by atoms with Gasteiger partial charge in [-0.15, -0.1) is 0 Å². The third-order valence-electron chi connectivity index (χ3n) is 3.47. The lowest BCUT2D eigenvalue weighted by molar-refractivity contribution is -0.123. The number of rotatable bonds is 5. The molecule has 2 N–H and O–H groups in total. The van der Waals surface area contributed by atoms with Crippen LogP contribution in [0.4, 0.5) is 0 Å². The molecule has 2 saturated heterocycles. The molecule has 6 heteroatoms. The van der Waals surface area contributed by atoms with Crippen LogP contribution in [-0.2, 0) is 14.3 Å². The summed E-state index contributed by atoms with van der Waals surface area (Å²) in [7, 11) is 0. The molecule has 0 saturated carbocycles. The Morgan fingerprint density at radius 2 is 2.16 bits per heavy atom. The fourth-order valence-electron chi connectivity index (χ4n) is 2.53. The molecular formula is C13H25N3O3. The van der Waals surface area contributed by atoms with E-state index < -0.39 is 0 Å². The van der Waals surface area contributed by atoms with Gasteiger partial charge in [-0.2, -0.15) is 0 Å². The van der Waals surface area contributed by atoms with Crippen molar-refractivity contribution in [3.8, 4) is 0 Å². The molecule has 1 amide bonds. The van der Waals surface area contributed by atoms with Gasteiger partial charge in [-0.1, -0.05) is 0 Å². The fourth-order valence-corrected chi connectivity index (χ4v) is 2.53. The molecule has 2 fully saturated rings. The van der Waals surface area contributed by atoms with Gasteiger partial charge in [0.05, 0.1) is 26.4 Å². The summed E-state index contributed by atoms with van der Waals surface area (Å²) in [6.45, 7) is 8.66. The molecule has 0 spiro atoms. The molecule has 6 nitrogen and oxygen atoms in total. The largest absolute Gasteiger partial charge is 0.379 e. The standard InChI is InChI=1S/C13H25N3O3/c1-11(9-16-3-6-18-7-4-16)15-13(17)8-12-10-19-5-2-14-12/h11-12,14H,2-10H2,1H3,(H,15,17). The Labute approximate surface area is 114 Å². The summed E-state index contributed by atoms with van der Waals surface area (Å²) in [5, 5.41) is 6.35. The Morgan fingerprint density at radius 3 is 2.84 bits per heavy atom. The SMILES string of the molecule is CC(CN1CCOCC1)NC(=O)CC1COCCN1. The number of ether oxygens (including phenoxy) is 2. The van der Waals surface area contributed by atoms with Crippen molar-refractivity contribution in [1.29, 1.82) is 0 Å². The van der Waals surface area contributed by atoms with Crippen LogP contribution in [0.15, 0.2) is 0 Å². The smallest absolute Gasteiger partial charge is 0.221 e. The minimum atomic E-state index is 0.101. The van der Waals surface area contributed by atoms with Crippen LogP contribution in [-0.4, -0.2) is 75.5 Å². The second-order valence-electron chi connectivity index (χ2n) is 5.31. The maximum atomic E-state index is 11.9. The van der Waals surface area contributed by atoms with E-state index in [-0.39, 0.29) is 18.0 Å². The van der Waals surface area contributed by atoms with Gasteiger partial charge in [-0.3, -0.25) is 9.69 Å². The third-order valence-corrected chi connectivity index (χ3v) is 3.47. The quantitative estimate of drug-likeness (QED) is 0.685. The summed E-state index contributed by atoms with van der Waals surface area (Å²) in [5.74, 6) is 0.101. The van der Waals surface area contributed by atoms with Crippen molar-refractivity contribution in [2.45, 2.75) is 25.4 Å². The Hall–Kier alpha value is -0.690. The van der Waals surface area contributed by atoms with E-state index in [0.717, 1.165) is 46.0 Å². The monoisotopic (exact) mass is 271 g/mol. The van der Waals surface area contributed by atoms with Gasteiger partial charge in [-0.05, 0) is 6.92 Å². The molecule has 0 aliphatic carbocycles. The summed E-state index contributed by atoms with van der Waals surface area (Å²) in [4.78, 5) is 14.2. The number of hydrogen-bond donors (Lipinski definition) is 2. The molecule has 2 unspecified atom stereocenters. The van der Waals surface area contributed by atoms with Crippen molar-refractivity contribution in [3.63, 3.8) is 0 Å². The van der Waals surface area contributed by atoms with Gasteiger partial charge in [0.25, 0.3) is 0 Å². The van der Waals surface area contributed by atoms with Crippen LogP contribution in [0.2, 0.25) is 0 Å². The molecule has 2 aliphatic rings. The van der Waals surface area contributed by atoms with E-state index >= 15 is 0 Å². The predicted octanol–water partition coefficient (Wildman–Crippen LogP) is -0.798. The van der Waals surface area contributed by atoms with Crippen molar-refractivity contribution >= 4 is 5.91 Å². The van der Waals surface area contributed by atoms with Crippen LogP contribution < -0.4 is 10.6 Å². The summed E-state index contributed by atoms with van der Waals surface area (Å²) in [5.41, 5.74) is 0. The molecular weight excluding hydrogens is 246 g/mol. The molecule has 0 radical (unpaired) electrons. The highest BCUT2D eigenvalue weighted by molar-refractivity contribution is 5.76. The van der Waals surface area contributed by atoms with E-state index in [9.17, 15) is 4.79 Å². The van der Waals surface area contributed by atoms with Crippen molar-refractivity contribution < 1.29 is 14.3 Å². The van der Waals surface area contributed by atoms with E-state index in [1.165, 1.54) is 0 Å². The summed E-state index contributed by atoms with van der Waals surface area (Å²) in [6, 6.07) is 0.333. The van der Waals surface area contributed by atoms with E-state index in [4.69, 9.17) is 9.47 Å². The number of nitrogens with zero attached hydrogens (tertiary/aromatic N) is 1. The molecule has 0 aromatic carbocycles. The topological polar surface area (TPSA) is 62.8 Å². The summed E-state index contributed by atoms with van der Waals surface area (Å²) < 4.78 is 10.7. The number of carbonyl (C=O) groups excluding carboxylic acids is 1. The first-order chi connectivity index (χ1) is 9.24. The Kier molecular flexibility index (Phi) is 6.03. The second-order valence-corrected chi connectivity index (χ2v) is 5.31. The number of amides is 1. The highest BCUT2D eigenvalue weighted by atomic mass is 16.5. The van der Waals surface area contributed by atoms with Gasteiger partial charge in [0, 0.05) is 44.7 Å². The Bertz CT molecular complexity index is 276. The zero-order valence-corrected chi connectivity index (χ0v) is 11.7. The predicted molar refractivity (Wildman–Crippen MR) is 72.1 cm³/mol. The third kappa shape index (κ3) is 5.44. The normalized spacial score (nSPS) is 26.9. The first kappa shape index (κ1) is 14.7. The van der Waals surface area contributed by atoms with Crippen LogP contribution in [0.3, 0.4) is 0 Å². The molecule has 19 heavy (non-hydrogen) atoms. The molecule has 2 aliphatic heterocycles. The molecule has 2 rings (SSSR count). The van der Waals surface area contributed by atoms with Crippen LogP contribution in [0.5, 0.6) is 0 Å². The van der Waals surface area contributed by atoms with E-state index in [0.29, 0.717) is 13.0 Å². The first-order valence-corrected chi connectivity index (χ1v) is 7.14. The van der Waals surface area contributed by atoms with E-state index in [1.807, 2.05) is 0 Å². The lowest BCUT2D eigenvalue weighted by Crippen LogP contribution is -2.48. The number of carbonyl (C=O) groups is 1. The Balaban J connectivity index is 1.63. The van der Waals surface area contributed by atoms with Gasteiger partial charge >= 0.3 is 0 Å². The average Bonchev–Trinajstić information content (AvgIpc) is 2.40. The Morgan fingerprint density at radius 1 is 1.37 bits per heavy atom. The van der Waals surface area contributed by atoms with Gasteiger partial charge in [0.15, 0.2) is 0 Å². The van der Waals surface area contributed by atoms with Gasteiger partial charge in [0.2, 0.25) is 5.91 Å². The zero-order valence-electron chi connectivity index (χ0n) is 11.7. The van der Waals surface area contributed by atoms with Crippen LogP contribution in [0.25, 0.3) is 0 Å².